The van der Waals surface area contributed by atoms with Crippen molar-refractivity contribution in [1.29, 1.82) is 0 Å². The minimum Gasteiger partial charge on any atom is -0.396 e. The van der Waals surface area contributed by atoms with Gasteiger partial charge in [0.05, 0.1) is 13.8 Å². The van der Waals surface area contributed by atoms with Gasteiger partial charge in [0.15, 0.2) is 0 Å². The van der Waals surface area contributed by atoms with E-state index >= 15 is 0 Å². The molecule has 0 aromatic heterocycles. The van der Waals surface area contributed by atoms with Crippen LogP contribution in [0.15, 0.2) is 10.2 Å². The Bertz CT molecular complexity index is 496. The Kier molecular flexibility index (Phi) is 7.80. The number of carbonyl (C=O) groups excluding carboxylic acids is 1. The first-order valence-corrected chi connectivity index (χ1v) is 10.7. The summed E-state index contributed by atoms with van der Waals surface area (Å²) < 4.78 is 0. The minimum absolute atomic E-state index is 0.0216. The van der Waals surface area contributed by atoms with Crippen molar-refractivity contribution in [2.24, 2.45) is 15.6 Å². The molecule has 0 heterocycles. The minimum atomic E-state index is -2.03. The van der Waals surface area contributed by atoms with Crippen molar-refractivity contribution < 1.29 is 9.90 Å². The van der Waals surface area contributed by atoms with Crippen molar-refractivity contribution in [3.05, 3.63) is 20.9 Å². The maximum Gasteiger partial charge on any atom is 0.135 e. The quantitative estimate of drug-likeness (QED) is 0.288. The molecule has 9 heteroatoms. The molecule has 0 bridgehead atoms. The Balaban J connectivity index is 5.01. The maximum atomic E-state index is 12.4. The number of nitrogens with zero attached hydrogens (tertiary/aromatic N) is 6. The average molecular weight is 341 g/mol. The van der Waals surface area contributed by atoms with Gasteiger partial charge in [-0.25, -0.2) is 0 Å². The van der Waals surface area contributed by atoms with Crippen LogP contribution in [0.25, 0.3) is 20.9 Å². The number of Topliss-reactive ketones (excluding diaryl/α,β-unsaturated/α-hetero) is 1. The van der Waals surface area contributed by atoms with Gasteiger partial charge in [0, 0.05) is 35.8 Å². The van der Waals surface area contributed by atoms with Crippen LogP contribution in [0.5, 0.6) is 0 Å². The first-order valence-electron chi connectivity index (χ1n) is 7.61. The summed E-state index contributed by atoms with van der Waals surface area (Å²) in [7, 11) is -2.03. The van der Waals surface area contributed by atoms with Gasteiger partial charge in [0.1, 0.15) is 5.78 Å². The molecule has 1 unspecified atom stereocenters. The molecule has 1 atom stereocenters. The van der Waals surface area contributed by atoms with Gasteiger partial charge in [0.25, 0.3) is 0 Å². The summed E-state index contributed by atoms with van der Waals surface area (Å²) in [6.45, 7) is 12.3. The molecule has 23 heavy (non-hydrogen) atoms. The molecule has 0 radical (unpaired) electrons. The van der Waals surface area contributed by atoms with Gasteiger partial charge in [-0.2, -0.15) is 0 Å². The Morgan fingerprint density at radius 2 is 1.57 bits per heavy atom. The Morgan fingerprint density at radius 3 is 1.91 bits per heavy atom. The van der Waals surface area contributed by atoms with Gasteiger partial charge >= 0.3 is 0 Å². The van der Waals surface area contributed by atoms with E-state index in [-0.39, 0.29) is 36.8 Å². The summed E-state index contributed by atoms with van der Waals surface area (Å²) >= 11 is 0. The highest BCUT2D eigenvalue weighted by atomic mass is 28.3. The number of rotatable bonds is 9. The number of aliphatic hydroxyl groups is 1. The third kappa shape index (κ3) is 6.62. The second kappa shape index (κ2) is 8.36. The zero-order chi connectivity index (χ0) is 18.3. The molecule has 0 saturated heterocycles. The Labute approximate surface area is 138 Å². The van der Waals surface area contributed by atoms with Gasteiger partial charge in [-0.05, 0) is 21.5 Å². The molecule has 0 fully saturated rings. The maximum absolute atomic E-state index is 12.4. The van der Waals surface area contributed by atoms with Crippen LogP contribution in [0.1, 0.15) is 40.5 Å². The molecule has 0 spiro atoms. The lowest BCUT2D eigenvalue weighted by atomic mass is 9.84. The second-order valence-corrected chi connectivity index (χ2v) is 13.6. The smallest absolute Gasteiger partial charge is 0.135 e. The molecule has 1 N–H and O–H groups in total. The van der Waals surface area contributed by atoms with Crippen molar-refractivity contribution in [3.63, 3.8) is 0 Å². The van der Waals surface area contributed by atoms with Crippen LogP contribution in [0.4, 0.5) is 0 Å². The van der Waals surface area contributed by atoms with Crippen LogP contribution in [0, 0.1) is 5.41 Å². The zero-order valence-corrected chi connectivity index (χ0v) is 15.9. The highest BCUT2D eigenvalue weighted by Gasteiger charge is 2.42. The summed E-state index contributed by atoms with van der Waals surface area (Å²) in [5.74, 6) is -0.105. The SMILES string of the molecule is CC(CN=[N+]=[N-])(CN=[N+]=[N-])CC(=O)CC(O)[Si](C)(C)C(C)(C)C. The molecule has 130 valence electrons. The van der Waals surface area contributed by atoms with E-state index in [1.807, 2.05) is 0 Å². The fourth-order valence-electron chi connectivity index (χ4n) is 2.09. The van der Waals surface area contributed by atoms with Crippen LogP contribution < -0.4 is 0 Å². The number of hydrogen-bond donors (Lipinski definition) is 1. The summed E-state index contributed by atoms with van der Waals surface area (Å²) in [6.07, 6.45) is 0.190. The highest BCUT2D eigenvalue weighted by molar-refractivity contribution is 6.81. The van der Waals surface area contributed by atoms with E-state index in [1.54, 1.807) is 6.92 Å². The zero-order valence-electron chi connectivity index (χ0n) is 14.9. The number of azide groups is 2. The van der Waals surface area contributed by atoms with Gasteiger partial charge in [0.2, 0.25) is 0 Å². The molecule has 8 nitrogen and oxygen atoms in total. The largest absolute Gasteiger partial charge is 0.396 e. The first-order chi connectivity index (χ1) is 10.4. The van der Waals surface area contributed by atoms with Crippen molar-refractivity contribution in [3.8, 4) is 0 Å². The monoisotopic (exact) mass is 340 g/mol. The number of ketones is 1. The van der Waals surface area contributed by atoms with Crippen molar-refractivity contribution >= 4 is 13.9 Å². The molecule has 0 amide bonds. The van der Waals surface area contributed by atoms with Crippen LogP contribution in [-0.4, -0.2) is 37.8 Å². The fourth-order valence-corrected chi connectivity index (χ4v) is 3.82. The Morgan fingerprint density at radius 1 is 1.13 bits per heavy atom. The van der Waals surface area contributed by atoms with E-state index in [0.717, 1.165) is 0 Å². The predicted molar refractivity (Wildman–Crippen MR) is 93.6 cm³/mol. The van der Waals surface area contributed by atoms with Crippen molar-refractivity contribution in [2.45, 2.75) is 64.4 Å². The third-order valence-corrected chi connectivity index (χ3v) is 10.6. The van der Waals surface area contributed by atoms with E-state index < -0.39 is 19.2 Å². The summed E-state index contributed by atoms with van der Waals surface area (Å²) in [4.78, 5) is 17.8. The van der Waals surface area contributed by atoms with Gasteiger partial charge in [-0.3, -0.25) is 4.79 Å². The Hall–Kier alpha value is -1.53. The molecule has 0 aliphatic rings. The normalized spacial score (nSPS) is 15.8. The third-order valence-electron chi connectivity index (χ3n) is 4.84. The molecule has 0 rings (SSSR count). The van der Waals surface area contributed by atoms with Gasteiger partial charge in [-0.1, -0.05) is 51.0 Å². The summed E-state index contributed by atoms with van der Waals surface area (Å²) in [5.41, 5.74) is 15.6. The van der Waals surface area contributed by atoms with Crippen molar-refractivity contribution in [1.82, 2.24) is 0 Å². The first kappa shape index (κ1) is 21.5. The molecule has 0 aromatic carbocycles. The van der Waals surface area contributed by atoms with Crippen LogP contribution >= 0.6 is 0 Å². The van der Waals surface area contributed by atoms with Crippen LogP contribution in [-0.2, 0) is 4.79 Å². The molecular formula is C14H28N6O2Si. The average Bonchev–Trinajstić information content (AvgIpc) is 2.41. The van der Waals surface area contributed by atoms with Crippen LogP contribution in [0.2, 0.25) is 18.1 Å². The number of hydrogen-bond acceptors (Lipinski definition) is 4. The van der Waals surface area contributed by atoms with E-state index in [4.69, 9.17) is 11.1 Å². The van der Waals surface area contributed by atoms with Gasteiger partial charge < -0.3 is 5.11 Å². The lowest BCUT2D eigenvalue weighted by Gasteiger charge is -2.40. The van der Waals surface area contributed by atoms with Crippen LogP contribution in [0.3, 0.4) is 0 Å². The predicted octanol–water partition coefficient (Wildman–Crippen LogP) is 4.37. The van der Waals surface area contributed by atoms with E-state index in [2.05, 4.69) is 53.9 Å². The standard InChI is InChI=1S/C14H28N6O2Si/c1-13(2,3)23(5,6)12(22)7-11(21)8-14(4,9-17-19-15)10-18-20-16/h12,22H,7-10H2,1-6H3. The molecular weight excluding hydrogens is 312 g/mol. The van der Waals surface area contributed by atoms with Gasteiger partial charge in [-0.15, -0.1) is 0 Å². The number of aliphatic hydroxyl groups excluding tert-OH is 1. The fraction of sp³-hybridized carbons (Fsp3) is 0.929. The topological polar surface area (TPSA) is 135 Å². The van der Waals surface area contributed by atoms with E-state index in [1.165, 1.54) is 0 Å². The molecule has 0 aromatic rings. The summed E-state index contributed by atoms with van der Waals surface area (Å²) in [5, 5.41) is 17.5. The van der Waals surface area contributed by atoms with E-state index in [0.29, 0.717) is 0 Å². The van der Waals surface area contributed by atoms with Crippen molar-refractivity contribution in [2.75, 3.05) is 13.1 Å². The molecule has 0 aliphatic carbocycles. The lowest BCUT2D eigenvalue weighted by molar-refractivity contribution is -0.122. The lowest BCUT2D eigenvalue weighted by Crippen LogP contribution is -2.50. The van der Waals surface area contributed by atoms with E-state index in [9.17, 15) is 9.90 Å². The molecule has 0 aliphatic heterocycles. The molecule has 0 saturated carbocycles. The highest BCUT2D eigenvalue weighted by Crippen LogP contribution is 2.39. The second-order valence-electron chi connectivity index (χ2n) is 8.00. The number of carbonyl (C=O) groups is 1. The summed E-state index contributed by atoms with van der Waals surface area (Å²) in [6, 6.07) is 0.